The number of carbonyl (C=O) groups is 1. The van der Waals surface area contributed by atoms with Crippen LogP contribution in [0.25, 0.3) is 0 Å². The summed E-state index contributed by atoms with van der Waals surface area (Å²) < 4.78 is 28.5. The van der Waals surface area contributed by atoms with Crippen LogP contribution in [0.3, 0.4) is 0 Å². The molecule has 0 saturated carbocycles. The van der Waals surface area contributed by atoms with Crippen LogP contribution in [0.15, 0.2) is 34.8 Å². The summed E-state index contributed by atoms with van der Waals surface area (Å²) in [4.78, 5) is 13.7. The van der Waals surface area contributed by atoms with Crippen molar-refractivity contribution in [1.29, 1.82) is 0 Å². The van der Waals surface area contributed by atoms with E-state index in [-0.39, 0.29) is 24.9 Å². The van der Waals surface area contributed by atoms with E-state index in [9.17, 15) is 23.7 Å². The van der Waals surface area contributed by atoms with E-state index in [0.29, 0.717) is 5.56 Å². The topological polar surface area (TPSA) is 72.8 Å². The monoisotopic (exact) mass is 536 g/mol. The molecule has 0 aliphatic heterocycles. The second kappa shape index (κ2) is 11.8. The lowest BCUT2D eigenvalue weighted by Crippen LogP contribution is -2.52. The molecule has 3 N–H and O–H groups in total. The number of hydrogen-bond acceptors (Lipinski definition) is 4. The van der Waals surface area contributed by atoms with Gasteiger partial charge in [-0.3, -0.25) is 4.79 Å². The number of nitrogens with one attached hydrogen (secondary N) is 1. The van der Waals surface area contributed by atoms with Gasteiger partial charge in [0.05, 0.1) is 12.1 Å². The highest BCUT2D eigenvalue weighted by molar-refractivity contribution is 9.10. The van der Waals surface area contributed by atoms with Gasteiger partial charge >= 0.3 is 7.05 Å². The first-order chi connectivity index (χ1) is 16.1. The SMILES string of the molecule is CCc1cc(Br)c2c(c1)[C@@H](N(C[C@@H](O)[C@H](Cc1cc(F)cc(F)c1)NC(C)=O)B(C)O)CCC2. The van der Waals surface area contributed by atoms with Crippen molar-refractivity contribution in [3.8, 4) is 0 Å². The minimum Gasteiger partial charge on any atom is -0.437 e. The molecule has 0 radical (unpaired) electrons. The molecule has 184 valence electrons. The Kier molecular flexibility index (Phi) is 9.26. The fraction of sp³-hybridized carbons (Fsp3) is 0.480. The van der Waals surface area contributed by atoms with Gasteiger partial charge in [-0.15, -0.1) is 0 Å². The second-order valence-electron chi connectivity index (χ2n) is 9.09. The molecule has 0 unspecified atom stereocenters. The normalized spacial score (nSPS) is 17.3. The Morgan fingerprint density at radius 1 is 1.24 bits per heavy atom. The lowest BCUT2D eigenvalue weighted by Gasteiger charge is -2.39. The lowest BCUT2D eigenvalue weighted by molar-refractivity contribution is -0.120. The van der Waals surface area contributed by atoms with Gasteiger partial charge in [-0.25, -0.2) is 8.78 Å². The van der Waals surface area contributed by atoms with Gasteiger partial charge in [-0.1, -0.05) is 28.9 Å². The molecular formula is C25H32BBrF2N2O3. The van der Waals surface area contributed by atoms with Gasteiger partial charge in [0.1, 0.15) is 11.6 Å². The predicted molar refractivity (Wildman–Crippen MR) is 133 cm³/mol. The van der Waals surface area contributed by atoms with Gasteiger partial charge in [0.15, 0.2) is 0 Å². The highest BCUT2D eigenvalue weighted by atomic mass is 79.9. The van der Waals surface area contributed by atoms with Gasteiger partial charge in [-0.05, 0) is 79.4 Å². The zero-order chi connectivity index (χ0) is 25.0. The number of aryl methyl sites for hydroxylation is 1. The third-order valence-electron chi connectivity index (χ3n) is 6.47. The summed E-state index contributed by atoms with van der Waals surface area (Å²) in [5.41, 5.74) is 3.86. The zero-order valence-corrected chi connectivity index (χ0v) is 21.4. The second-order valence-corrected chi connectivity index (χ2v) is 9.95. The Morgan fingerprint density at radius 2 is 1.91 bits per heavy atom. The van der Waals surface area contributed by atoms with Crippen LogP contribution in [-0.4, -0.2) is 46.6 Å². The molecule has 2 aromatic rings. The number of halogens is 3. The van der Waals surface area contributed by atoms with Crippen molar-refractivity contribution < 1.29 is 23.7 Å². The van der Waals surface area contributed by atoms with Gasteiger partial charge < -0.3 is 20.3 Å². The van der Waals surface area contributed by atoms with Crippen molar-refractivity contribution in [2.24, 2.45) is 0 Å². The van der Waals surface area contributed by atoms with Crippen molar-refractivity contribution in [3.63, 3.8) is 0 Å². The molecule has 3 rings (SSSR count). The molecule has 0 heterocycles. The molecule has 0 spiro atoms. The van der Waals surface area contributed by atoms with Gasteiger partial charge in [-0.2, -0.15) is 0 Å². The number of aliphatic hydroxyl groups is 1. The van der Waals surface area contributed by atoms with Gasteiger partial charge in [0.2, 0.25) is 5.91 Å². The van der Waals surface area contributed by atoms with Crippen molar-refractivity contribution >= 4 is 28.9 Å². The van der Waals surface area contributed by atoms with E-state index in [1.807, 2.05) is 4.81 Å². The molecule has 1 amide bonds. The first-order valence-electron chi connectivity index (χ1n) is 11.7. The molecule has 5 nitrogen and oxygen atoms in total. The summed E-state index contributed by atoms with van der Waals surface area (Å²) >= 11 is 3.70. The fourth-order valence-corrected chi connectivity index (χ4v) is 5.59. The van der Waals surface area contributed by atoms with E-state index in [4.69, 9.17) is 0 Å². The number of rotatable bonds is 9. The number of hydrogen-bond donors (Lipinski definition) is 3. The molecule has 0 bridgehead atoms. The van der Waals surface area contributed by atoms with Crippen LogP contribution in [0.1, 0.15) is 55.0 Å². The maximum atomic E-state index is 13.7. The van der Waals surface area contributed by atoms with Crippen LogP contribution in [0.4, 0.5) is 8.78 Å². The van der Waals surface area contributed by atoms with Crippen LogP contribution in [0, 0.1) is 11.6 Å². The zero-order valence-electron chi connectivity index (χ0n) is 19.8. The van der Waals surface area contributed by atoms with Crippen LogP contribution in [0.2, 0.25) is 6.82 Å². The number of amides is 1. The lowest BCUT2D eigenvalue weighted by atomic mass is 9.76. The average molecular weight is 537 g/mol. The third kappa shape index (κ3) is 6.65. The highest BCUT2D eigenvalue weighted by Crippen LogP contribution is 2.39. The fourth-order valence-electron chi connectivity index (χ4n) is 4.86. The smallest absolute Gasteiger partial charge is 0.377 e. The van der Waals surface area contributed by atoms with Crippen LogP contribution in [0.5, 0.6) is 0 Å². The first-order valence-corrected chi connectivity index (χ1v) is 12.5. The van der Waals surface area contributed by atoms with E-state index in [2.05, 4.69) is 40.3 Å². The first kappa shape index (κ1) is 26.8. The molecule has 34 heavy (non-hydrogen) atoms. The Bertz CT molecular complexity index is 1000. The Morgan fingerprint density at radius 3 is 2.50 bits per heavy atom. The number of carbonyl (C=O) groups excluding carboxylic acids is 1. The number of nitrogens with zero attached hydrogens (tertiary/aromatic N) is 1. The molecule has 0 saturated heterocycles. The average Bonchev–Trinajstić information content (AvgIpc) is 2.75. The molecule has 1 aliphatic carbocycles. The van der Waals surface area contributed by atoms with Crippen LogP contribution in [-0.2, 0) is 24.1 Å². The minimum absolute atomic E-state index is 0.0514. The van der Waals surface area contributed by atoms with E-state index >= 15 is 0 Å². The minimum atomic E-state index is -1.08. The maximum absolute atomic E-state index is 13.7. The maximum Gasteiger partial charge on any atom is 0.377 e. The quantitative estimate of drug-likeness (QED) is 0.420. The number of aliphatic hydroxyl groups excluding tert-OH is 1. The van der Waals surface area contributed by atoms with Crippen molar-refractivity contribution in [2.45, 2.75) is 71.0 Å². The van der Waals surface area contributed by atoms with Gasteiger partial charge in [0.25, 0.3) is 0 Å². The van der Waals surface area contributed by atoms with Crippen molar-refractivity contribution in [3.05, 3.63) is 68.7 Å². The van der Waals surface area contributed by atoms with E-state index < -0.39 is 30.8 Å². The Balaban J connectivity index is 1.88. The largest absolute Gasteiger partial charge is 0.437 e. The van der Waals surface area contributed by atoms with E-state index in [0.717, 1.165) is 41.8 Å². The highest BCUT2D eigenvalue weighted by Gasteiger charge is 2.34. The summed E-state index contributed by atoms with van der Waals surface area (Å²) in [7, 11) is -0.848. The summed E-state index contributed by atoms with van der Waals surface area (Å²) in [5.74, 6) is -1.79. The Hall–Kier alpha value is -1.81. The molecular weight excluding hydrogens is 505 g/mol. The van der Waals surface area contributed by atoms with Gasteiger partial charge in [0, 0.05) is 30.0 Å². The summed E-state index contributed by atoms with van der Waals surface area (Å²) in [6.07, 6.45) is 2.56. The number of benzene rings is 2. The third-order valence-corrected chi connectivity index (χ3v) is 7.18. The molecule has 0 fully saturated rings. The number of fused-ring (bicyclic) bond motifs is 1. The molecule has 9 heteroatoms. The van der Waals surface area contributed by atoms with E-state index in [1.54, 1.807) is 6.82 Å². The summed E-state index contributed by atoms with van der Waals surface area (Å²) in [6.45, 7) is 5.17. The van der Waals surface area contributed by atoms with Crippen molar-refractivity contribution in [2.75, 3.05) is 6.54 Å². The Labute approximate surface area is 208 Å². The van der Waals surface area contributed by atoms with Crippen molar-refractivity contribution in [1.82, 2.24) is 10.1 Å². The molecule has 1 aliphatic rings. The summed E-state index contributed by atoms with van der Waals surface area (Å²) in [6, 6.07) is 6.59. The standard InChI is InChI=1S/C25H32BBrF2N2O3/c1-4-16-10-21-20(22(27)11-16)6-5-7-24(21)31(26(3)34)14-25(33)23(30-15(2)32)12-17-8-18(28)13-19(29)9-17/h8-11,13,23-25,33-34H,4-7,12,14H2,1-3H3,(H,30,32)/t23-,24-,25+/m0/s1. The molecule has 0 aromatic heterocycles. The van der Waals surface area contributed by atoms with Crippen LogP contribution >= 0.6 is 15.9 Å². The molecule has 3 atom stereocenters. The summed E-state index contributed by atoms with van der Waals surface area (Å²) in [5, 5.41) is 24.5. The van der Waals surface area contributed by atoms with E-state index in [1.165, 1.54) is 30.2 Å². The van der Waals surface area contributed by atoms with Crippen LogP contribution < -0.4 is 5.32 Å². The molecule has 2 aromatic carbocycles. The predicted octanol–water partition coefficient (Wildman–Crippen LogP) is 4.19.